The van der Waals surface area contributed by atoms with Gasteiger partial charge >= 0.3 is 6.03 Å². The molecule has 7 heteroatoms. The van der Waals surface area contributed by atoms with Gasteiger partial charge in [0.05, 0.1) is 6.54 Å². The molecule has 1 aromatic carbocycles. The Hall–Kier alpha value is -2.83. The van der Waals surface area contributed by atoms with Gasteiger partial charge in [-0.3, -0.25) is 15.0 Å². The first-order chi connectivity index (χ1) is 11.5. The standard InChI is InChI=1S/C17H19N5O2/c1-10-11(2)22-13-14(20(3)17(24)19-15(13)23)18-16(22)21(10)9-12-7-5-4-6-8-12/h4-8,13-14H,9H2,1-3H3,(H,19,23,24). The zero-order valence-electron chi connectivity index (χ0n) is 13.9. The molecule has 0 saturated carbocycles. The molecule has 3 aliphatic heterocycles. The summed E-state index contributed by atoms with van der Waals surface area (Å²) in [5.41, 5.74) is 3.23. The second-order valence-corrected chi connectivity index (χ2v) is 6.31. The summed E-state index contributed by atoms with van der Waals surface area (Å²) in [6.45, 7) is 4.70. The summed E-state index contributed by atoms with van der Waals surface area (Å²) < 4.78 is 0. The van der Waals surface area contributed by atoms with Crippen molar-refractivity contribution in [1.82, 2.24) is 20.0 Å². The van der Waals surface area contributed by atoms with Crippen LogP contribution in [0, 0.1) is 0 Å². The lowest BCUT2D eigenvalue weighted by Crippen LogP contribution is -2.63. The zero-order valence-corrected chi connectivity index (χ0v) is 13.9. The number of aliphatic imine (C=N–C) groups is 1. The Morgan fingerprint density at radius 2 is 1.83 bits per heavy atom. The normalized spacial score (nSPS) is 25.8. The van der Waals surface area contributed by atoms with Crippen molar-refractivity contribution >= 4 is 17.9 Å². The number of urea groups is 1. The topological polar surface area (TPSA) is 68.2 Å². The fourth-order valence-electron chi connectivity index (χ4n) is 3.48. The highest BCUT2D eigenvalue weighted by Crippen LogP contribution is 2.36. The van der Waals surface area contributed by atoms with Crippen LogP contribution >= 0.6 is 0 Å². The van der Waals surface area contributed by atoms with E-state index in [0.717, 1.165) is 22.9 Å². The molecule has 1 N–H and O–H groups in total. The van der Waals surface area contributed by atoms with Gasteiger partial charge in [0, 0.05) is 18.4 Å². The molecule has 1 aromatic rings. The van der Waals surface area contributed by atoms with Crippen LogP contribution in [0.3, 0.4) is 0 Å². The van der Waals surface area contributed by atoms with Gasteiger partial charge < -0.3 is 9.80 Å². The number of rotatable bonds is 2. The van der Waals surface area contributed by atoms with Crippen molar-refractivity contribution in [2.24, 2.45) is 4.99 Å². The minimum absolute atomic E-state index is 0.296. The molecular formula is C17H19N5O2. The van der Waals surface area contributed by atoms with Crippen molar-refractivity contribution in [3.05, 3.63) is 47.3 Å². The van der Waals surface area contributed by atoms with Gasteiger partial charge in [0.15, 0.2) is 12.2 Å². The summed E-state index contributed by atoms with van der Waals surface area (Å²) in [5.74, 6) is 0.441. The van der Waals surface area contributed by atoms with Crippen molar-refractivity contribution in [1.29, 1.82) is 0 Å². The van der Waals surface area contributed by atoms with Crippen molar-refractivity contribution in [3.8, 4) is 0 Å². The van der Waals surface area contributed by atoms with E-state index < -0.39 is 18.2 Å². The van der Waals surface area contributed by atoms with E-state index in [9.17, 15) is 9.59 Å². The molecule has 4 rings (SSSR count). The average molecular weight is 325 g/mol. The third-order valence-corrected chi connectivity index (χ3v) is 4.95. The number of carbonyl (C=O) groups excluding carboxylic acids is 2. The Labute approximate surface area is 140 Å². The Kier molecular flexibility index (Phi) is 3.13. The summed E-state index contributed by atoms with van der Waals surface area (Å²) in [7, 11) is 1.67. The van der Waals surface area contributed by atoms with Gasteiger partial charge in [0.25, 0.3) is 5.91 Å². The molecule has 0 aromatic heterocycles. The molecule has 3 aliphatic rings. The van der Waals surface area contributed by atoms with E-state index in [-0.39, 0.29) is 5.91 Å². The number of nitrogens with zero attached hydrogens (tertiary/aromatic N) is 4. The minimum atomic E-state index is -0.501. The highest BCUT2D eigenvalue weighted by Gasteiger charge is 2.52. The number of likely N-dealkylation sites (N-methyl/N-ethyl adjacent to an activating group) is 1. The van der Waals surface area contributed by atoms with Gasteiger partial charge in [-0.2, -0.15) is 0 Å². The maximum atomic E-state index is 12.4. The third kappa shape index (κ3) is 1.94. The van der Waals surface area contributed by atoms with Gasteiger partial charge in [-0.15, -0.1) is 0 Å². The number of hydrogen-bond donors (Lipinski definition) is 1. The first-order valence-electron chi connectivity index (χ1n) is 7.92. The second-order valence-electron chi connectivity index (χ2n) is 6.31. The Morgan fingerprint density at radius 1 is 1.12 bits per heavy atom. The quantitative estimate of drug-likeness (QED) is 0.890. The average Bonchev–Trinajstić information content (AvgIpc) is 3.06. The van der Waals surface area contributed by atoms with E-state index in [1.165, 1.54) is 4.90 Å². The lowest BCUT2D eigenvalue weighted by molar-refractivity contribution is -0.126. The molecular weight excluding hydrogens is 306 g/mol. The highest BCUT2D eigenvalue weighted by atomic mass is 16.2. The molecule has 3 amide bonds. The molecule has 3 heterocycles. The summed E-state index contributed by atoms with van der Waals surface area (Å²) >= 11 is 0. The number of carbonyl (C=O) groups is 2. The second kappa shape index (κ2) is 5.09. The number of amides is 3. The summed E-state index contributed by atoms with van der Waals surface area (Å²) in [6.07, 6.45) is -0.484. The summed E-state index contributed by atoms with van der Waals surface area (Å²) in [6, 6.07) is 9.22. The molecule has 1 fully saturated rings. The molecule has 124 valence electrons. The maximum Gasteiger partial charge on any atom is 0.325 e. The van der Waals surface area contributed by atoms with Crippen LogP contribution < -0.4 is 5.32 Å². The molecule has 24 heavy (non-hydrogen) atoms. The largest absolute Gasteiger partial charge is 0.325 e. The van der Waals surface area contributed by atoms with Crippen LogP contribution in [0.2, 0.25) is 0 Å². The maximum absolute atomic E-state index is 12.4. The SMILES string of the molecule is CC1=C(C)N2C(=NC3C2C(=O)NC(=O)N3C)N1Cc1ccccc1. The molecule has 0 aliphatic carbocycles. The van der Waals surface area contributed by atoms with E-state index in [1.807, 2.05) is 36.9 Å². The Bertz CT molecular complexity index is 785. The van der Waals surface area contributed by atoms with Crippen molar-refractivity contribution in [2.45, 2.75) is 32.6 Å². The molecule has 2 atom stereocenters. The van der Waals surface area contributed by atoms with E-state index in [2.05, 4.69) is 22.3 Å². The van der Waals surface area contributed by atoms with Crippen molar-refractivity contribution in [3.63, 3.8) is 0 Å². The number of nitrogens with one attached hydrogen (secondary N) is 1. The zero-order chi connectivity index (χ0) is 17.0. The number of allylic oxidation sites excluding steroid dienone is 2. The van der Waals surface area contributed by atoms with Gasteiger partial charge in [-0.05, 0) is 19.4 Å². The predicted molar refractivity (Wildman–Crippen MR) is 88.5 cm³/mol. The van der Waals surface area contributed by atoms with Gasteiger partial charge in [-0.1, -0.05) is 30.3 Å². The Morgan fingerprint density at radius 3 is 2.54 bits per heavy atom. The minimum Gasteiger partial charge on any atom is -0.310 e. The molecule has 0 bridgehead atoms. The molecule has 2 unspecified atom stereocenters. The van der Waals surface area contributed by atoms with Crippen LogP contribution in [0.1, 0.15) is 19.4 Å². The summed E-state index contributed by atoms with van der Waals surface area (Å²) in [4.78, 5) is 34.5. The van der Waals surface area contributed by atoms with Gasteiger partial charge in [-0.25, -0.2) is 9.79 Å². The number of imide groups is 1. The van der Waals surface area contributed by atoms with Crippen molar-refractivity contribution < 1.29 is 9.59 Å². The summed E-state index contributed by atoms with van der Waals surface area (Å²) in [5, 5.41) is 2.40. The third-order valence-electron chi connectivity index (χ3n) is 4.95. The molecule has 0 spiro atoms. The smallest absolute Gasteiger partial charge is 0.310 e. The van der Waals surface area contributed by atoms with E-state index >= 15 is 0 Å². The van der Waals surface area contributed by atoms with Crippen LogP contribution in [0.15, 0.2) is 46.7 Å². The highest BCUT2D eigenvalue weighted by molar-refractivity contribution is 6.05. The number of benzene rings is 1. The molecule has 0 radical (unpaired) electrons. The fourth-order valence-corrected chi connectivity index (χ4v) is 3.48. The van der Waals surface area contributed by atoms with Crippen LogP contribution in [-0.4, -0.2) is 51.9 Å². The fraction of sp³-hybridized carbons (Fsp3) is 0.353. The van der Waals surface area contributed by atoms with E-state index in [1.54, 1.807) is 7.05 Å². The monoisotopic (exact) mass is 325 g/mol. The number of fused-ring (bicyclic) bond motifs is 3. The molecule has 7 nitrogen and oxygen atoms in total. The number of guanidine groups is 1. The van der Waals surface area contributed by atoms with Gasteiger partial charge in [0.2, 0.25) is 5.96 Å². The van der Waals surface area contributed by atoms with Crippen LogP contribution in [-0.2, 0) is 11.3 Å². The van der Waals surface area contributed by atoms with Crippen LogP contribution in [0.4, 0.5) is 4.79 Å². The number of hydrogen-bond acceptors (Lipinski definition) is 5. The lowest BCUT2D eigenvalue weighted by atomic mass is 10.1. The Balaban J connectivity index is 1.71. The van der Waals surface area contributed by atoms with Gasteiger partial charge in [0.1, 0.15) is 0 Å². The first-order valence-corrected chi connectivity index (χ1v) is 7.92. The predicted octanol–water partition coefficient (Wildman–Crippen LogP) is 1.30. The first kappa shape index (κ1) is 14.7. The molecule has 1 saturated heterocycles. The van der Waals surface area contributed by atoms with Crippen LogP contribution in [0.25, 0.3) is 0 Å². The van der Waals surface area contributed by atoms with E-state index in [4.69, 9.17) is 4.99 Å². The van der Waals surface area contributed by atoms with Crippen LogP contribution in [0.5, 0.6) is 0 Å². The van der Waals surface area contributed by atoms with Crippen molar-refractivity contribution in [2.75, 3.05) is 7.05 Å². The van der Waals surface area contributed by atoms with E-state index in [0.29, 0.717) is 6.54 Å². The lowest BCUT2D eigenvalue weighted by Gasteiger charge is -2.35.